The maximum absolute atomic E-state index is 13.0. The predicted octanol–water partition coefficient (Wildman–Crippen LogP) is 3.30. The summed E-state index contributed by atoms with van der Waals surface area (Å²) in [5.41, 5.74) is 0.150. The maximum atomic E-state index is 13.0. The molecule has 0 amide bonds. The number of halogens is 3. The molecule has 0 saturated carbocycles. The molecule has 1 unspecified atom stereocenters. The molecule has 0 aliphatic carbocycles. The molecule has 0 fully saturated rings. The van der Waals surface area contributed by atoms with Crippen LogP contribution in [0.3, 0.4) is 0 Å². The fraction of sp³-hybridized carbons (Fsp3) is 0.200. The molecule has 14 heavy (non-hydrogen) atoms. The lowest BCUT2D eigenvalue weighted by atomic mass is 10.0. The molecular formula is C10H9BrF2O. The van der Waals surface area contributed by atoms with Gasteiger partial charge in [-0.3, -0.25) is 0 Å². The van der Waals surface area contributed by atoms with Gasteiger partial charge >= 0.3 is 0 Å². The van der Waals surface area contributed by atoms with Crippen molar-refractivity contribution in [3.63, 3.8) is 0 Å². The van der Waals surface area contributed by atoms with Gasteiger partial charge in [-0.15, -0.1) is 0 Å². The summed E-state index contributed by atoms with van der Waals surface area (Å²) < 4.78 is 26.5. The number of benzene rings is 1. The first-order valence-electron chi connectivity index (χ1n) is 3.93. The highest BCUT2D eigenvalue weighted by Gasteiger charge is 2.36. The molecule has 4 heteroatoms. The minimum atomic E-state index is -3.32. The molecule has 1 rings (SSSR count). The lowest BCUT2D eigenvalue weighted by molar-refractivity contribution is -0.0715. The van der Waals surface area contributed by atoms with Crippen LogP contribution in [0.15, 0.2) is 41.4 Å². The minimum absolute atomic E-state index is 0.150. The lowest BCUT2D eigenvalue weighted by Crippen LogP contribution is -2.23. The van der Waals surface area contributed by atoms with Crippen molar-refractivity contribution in [1.29, 1.82) is 0 Å². The van der Waals surface area contributed by atoms with Gasteiger partial charge < -0.3 is 5.11 Å². The van der Waals surface area contributed by atoms with Crippen molar-refractivity contribution < 1.29 is 13.9 Å². The van der Waals surface area contributed by atoms with E-state index in [1.54, 1.807) is 18.2 Å². The van der Waals surface area contributed by atoms with Crippen molar-refractivity contribution >= 4 is 15.9 Å². The SMILES string of the molecule is C=CC(F)(F)C(O)c1ccccc1Br. The molecule has 1 nitrogen and oxygen atoms in total. The van der Waals surface area contributed by atoms with Crippen LogP contribution in [0.4, 0.5) is 8.78 Å². The van der Waals surface area contributed by atoms with Crippen molar-refractivity contribution in [2.45, 2.75) is 12.0 Å². The van der Waals surface area contributed by atoms with Crippen molar-refractivity contribution in [1.82, 2.24) is 0 Å². The van der Waals surface area contributed by atoms with Crippen LogP contribution in [0, 0.1) is 0 Å². The summed E-state index contributed by atoms with van der Waals surface area (Å²) in [6.07, 6.45) is -1.42. The van der Waals surface area contributed by atoms with Gasteiger partial charge in [-0.1, -0.05) is 40.7 Å². The van der Waals surface area contributed by atoms with Crippen molar-refractivity contribution in [3.8, 4) is 0 Å². The second-order valence-corrected chi connectivity index (χ2v) is 3.66. The summed E-state index contributed by atoms with van der Waals surface area (Å²) in [6.45, 7) is 2.98. The number of alkyl halides is 2. The molecule has 1 aromatic carbocycles. The van der Waals surface area contributed by atoms with E-state index in [1.165, 1.54) is 6.07 Å². The Morgan fingerprint density at radius 3 is 2.50 bits per heavy atom. The average molecular weight is 263 g/mol. The average Bonchev–Trinajstić information content (AvgIpc) is 2.17. The van der Waals surface area contributed by atoms with E-state index in [-0.39, 0.29) is 5.56 Å². The molecule has 0 bridgehead atoms. The Kier molecular flexibility index (Phi) is 3.39. The standard InChI is InChI=1S/C10H9BrF2O/c1-2-10(12,13)9(14)7-5-3-4-6-8(7)11/h2-6,9,14H,1H2. The summed E-state index contributed by atoms with van der Waals surface area (Å²) in [6, 6.07) is 6.30. The molecule has 0 aromatic heterocycles. The van der Waals surface area contributed by atoms with E-state index in [0.717, 1.165) is 0 Å². The fourth-order valence-electron chi connectivity index (χ4n) is 1.02. The lowest BCUT2D eigenvalue weighted by Gasteiger charge is -2.20. The normalized spacial score (nSPS) is 13.7. The van der Waals surface area contributed by atoms with E-state index in [2.05, 4.69) is 22.5 Å². The Morgan fingerprint density at radius 1 is 1.43 bits per heavy atom. The molecule has 0 heterocycles. The van der Waals surface area contributed by atoms with Crippen LogP contribution in [-0.4, -0.2) is 11.0 Å². The van der Waals surface area contributed by atoms with Gasteiger partial charge in [-0.05, 0) is 12.1 Å². The monoisotopic (exact) mass is 262 g/mol. The van der Waals surface area contributed by atoms with E-state index in [4.69, 9.17) is 0 Å². The Bertz CT molecular complexity index is 339. The smallest absolute Gasteiger partial charge is 0.295 e. The zero-order valence-electron chi connectivity index (χ0n) is 7.25. The Balaban J connectivity index is 3.06. The summed E-state index contributed by atoms with van der Waals surface area (Å²) in [5, 5.41) is 9.38. The van der Waals surface area contributed by atoms with E-state index < -0.39 is 12.0 Å². The summed E-state index contributed by atoms with van der Waals surface area (Å²) in [7, 11) is 0. The van der Waals surface area contributed by atoms with Crippen molar-refractivity contribution in [2.75, 3.05) is 0 Å². The predicted molar refractivity (Wildman–Crippen MR) is 54.2 cm³/mol. The number of aliphatic hydroxyl groups is 1. The van der Waals surface area contributed by atoms with Gasteiger partial charge in [-0.25, -0.2) is 0 Å². The highest BCUT2D eigenvalue weighted by molar-refractivity contribution is 9.10. The quantitative estimate of drug-likeness (QED) is 0.829. The topological polar surface area (TPSA) is 20.2 Å². The third-order valence-electron chi connectivity index (χ3n) is 1.84. The first-order chi connectivity index (χ1) is 6.49. The van der Waals surface area contributed by atoms with Crippen LogP contribution >= 0.6 is 15.9 Å². The van der Waals surface area contributed by atoms with Gasteiger partial charge in [-0.2, -0.15) is 8.78 Å². The largest absolute Gasteiger partial charge is 0.382 e. The molecule has 76 valence electrons. The summed E-state index contributed by atoms with van der Waals surface area (Å²) >= 11 is 3.09. The van der Waals surface area contributed by atoms with Gasteiger partial charge in [0.1, 0.15) is 6.10 Å². The fourth-order valence-corrected chi connectivity index (χ4v) is 1.52. The van der Waals surface area contributed by atoms with Crippen LogP contribution < -0.4 is 0 Å². The Hall–Kier alpha value is -0.740. The van der Waals surface area contributed by atoms with Crippen LogP contribution in [0.5, 0.6) is 0 Å². The minimum Gasteiger partial charge on any atom is -0.382 e. The number of rotatable bonds is 3. The van der Waals surface area contributed by atoms with E-state index in [1.807, 2.05) is 0 Å². The first-order valence-corrected chi connectivity index (χ1v) is 4.72. The maximum Gasteiger partial charge on any atom is 0.295 e. The van der Waals surface area contributed by atoms with Crippen LogP contribution in [0.2, 0.25) is 0 Å². The van der Waals surface area contributed by atoms with Crippen LogP contribution in [0.25, 0.3) is 0 Å². The number of hydrogen-bond donors (Lipinski definition) is 1. The second kappa shape index (κ2) is 4.19. The Morgan fingerprint density at radius 2 is 2.00 bits per heavy atom. The van der Waals surface area contributed by atoms with Gasteiger partial charge in [0.15, 0.2) is 0 Å². The molecule has 1 atom stereocenters. The number of hydrogen-bond acceptors (Lipinski definition) is 1. The first kappa shape index (κ1) is 11.3. The summed E-state index contributed by atoms with van der Waals surface area (Å²) in [5.74, 6) is -3.32. The van der Waals surface area contributed by atoms with Crippen molar-refractivity contribution in [2.24, 2.45) is 0 Å². The van der Waals surface area contributed by atoms with Crippen LogP contribution in [-0.2, 0) is 0 Å². The molecular weight excluding hydrogens is 254 g/mol. The molecule has 0 aliphatic rings. The zero-order chi connectivity index (χ0) is 10.8. The molecule has 0 aliphatic heterocycles. The Labute approximate surface area is 89.2 Å². The molecule has 1 N–H and O–H groups in total. The third-order valence-corrected chi connectivity index (χ3v) is 2.56. The van der Waals surface area contributed by atoms with Gasteiger partial charge in [0.25, 0.3) is 5.92 Å². The van der Waals surface area contributed by atoms with Gasteiger partial charge in [0.05, 0.1) is 0 Å². The molecule has 1 aromatic rings. The number of aliphatic hydroxyl groups excluding tert-OH is 1. The molecule has 0 spiro atoms. The second-order valence-electron chi connectivity index (χ2n) is 2.80. The van der Waals surface area contributed by atoms with Gasteiger partial charge in [0, 0.05) is 10.0 Å². The highest BCUT2D eigenvalue weighted by atomic mass is 79.9. The highest BCUT2D eigenvalue weighted by Crippen LogP contribution is 2.35. The van der Waals surface area contributed by atoms with Crippen LogP contribution in [0.1, 0.15) is 11.7 Å². The van der Waals surface area contributed by atoms with Crippen molar-refractivity contribution in [3.05, 3.63) is 47.0 Å². The van der Waals surface area contributed by atoms with E-state index in [0.29, 0.717) is 10.5 Å². The zero-order valence-corrected chi connectivity index (χ0v) is 8.84. The van der Waals surface area contributed by atoms with E-state index >= 15 is 0 Å². The molecule has 0 saturated heterocycles. The third kappa shape index (κ3) is 2.19. The molecule has 0 radical (unpaired) electrons. The van der Waals surface area contributed by atoms with E-state index in [9.17, 15) is 13.9 Å². The van der Waals surface area contributed by atoms with Gasteiger partial charge in [0.2, 0.25) is 0 Å². The summed E-state index contributed by atoms with van der Waals surface area (Å²) in [4.78, 5) is 0.